The van der Waals surface area contributed by atoms with Crippen molar-refractivity contribution in [3.05, 3.63) is 21.7 Å². The lowest BCUT2D eigenvalue weighted by atomic mass is 10.1. The second-order valence-corrected chi connectivity index (χ2v) is 3.72. The summed E-state index contributed by atoms with van der Waals surface area (Å²) in [5, 5.41) is 0. The van der Waals surface area contributed by atoms with Crippen LogP contribution in [0.15, 0.2) is 10.5 Å². The number of hydrogen-bond acceptors (Lipinski definition) is 3. The highest BCUT2D eigenvalue weighted by Gasteiger charge is 2.14. The summed E-state index contributed by atoms with van der Waals surface area (Å²) in [6.45, 7) is 2.38. The molecule has 0 amide bonds. The molecular formula is C10H14BrNO2. The molecule has 0 atom stereocenters. The molecule has 0 unspecified atom stereocenters. The maximum absolute atomic E-state index is 5.64. The van der Waals surface area contributed by atoms with E-state index < -0.39 is 0 Å². The number of nitrogens with two attached hydrogens (primary N) is 1. The zero-order chi connectivity index (χ0) is 10.7. The molecule has 0 spiro atoms. The predicted molar refractivity (Wildman–Crippen MR) is 59.9 cm³/mol. The third-order valence-electron chi connectivity index (χ3n) is 2.10. The van der Waals surface area contributed by atoms with Gasteiger partial charge in [0, 0.05) is 12.1 Å². The van der Waals surface area contributed by atoms with Crippen molar-refractivity contribution >= 4 is 15.9 Å². The van der Waals surface area contributed by atoms with Crippen LogP contribution in [0.25, 0.3) is 0 Å². The van der Waals surface area contributed by atoms with Crippen molar-refractivity contribution in [2.24, 2.45) is 5.73 Å². The summed E-state index contributed by atoms with van der Waals surface area (Å²) in [6, 6.07) is 1.92. The molecule has 3 nitrogen and oxygen atoms in total. The third-order valence-corrected chi connectivity index (χ3v) is 2.93. The first-order chi connectivity index (χ1) is 6.65. The van der Waals surface area contributed by atoms with Gasteiger partial charge in [-0.05, 0) is 34.5 Å². The maximum Gasteiger partial charge on any atom is 0.136 e. The first-order valence-corrected chi connectivity index (χ1v) is 5.05. The van der Waals surface area contributed by atoms with Crippen molar-refractivity contribution in [1.82, 2.24) is 0 Å². The highest BCUT2D eigenvalue weighted by molar-refractivity contribution is 9.10. The molecule has 1 rings (SSSR count). The van der Waals surface area contributed by atoms with Crippen molar-refractivity contribution in [3.63, 3.8) is 0 Å². The number of hydrogen-bond donors (Lipinski definition) is 1. The van der Waals surface area contributed by atoms with Gasteiger partial charge in [0.15, 0.2) is 0 Å². The number of halogens is 1. The van der Waals surface area contributed by atoms with Crippen LogP contribution in [0.2, 0.25) is 0 Å². The van der Waals surface area contributed by atoms with Gasteiger partial charge in [0.05, 0.1) is 18.7 Å². The van der Waals surface area contributed by atoms with Crippen LogP contribution in [0.5, 0.6) is 11.5 Å². The van der Waals surface area contributed by atoms with Crippen LogP contribution in [-0.2, 0) is 6.54 Å². The van der Waals surface area contributed by atoms with Crippen LogP contribution in [0.4, 0.5) is 0 Å². The van der Waals surface area contributed by atoms with Gasteiger partial charge >= 0.3 is 0 Å². The first-order valence-electron chi connectivity index (χ1n) is 4.25. The molecule has 14 heavy (non-hydrogen) atoms. The molecular weight excluding hydrogens is 246 g/mol. The first kappa shape index (κ1) is 11.3. The summed E-state index contributed by atoms with van der Waals surface area (Å²) in [5.41, 5.74) is 7.58. The Morgan fingerprint density at radius 2 is 2.00 bits per heavy atom. The number of ether oxygens (including phenoxy) is 2. The molecule has 0 heterocycles. The molecule has 0 saturated heterocycles. The van der Waals surface area contributed by atoms with Crippen molar-refractivity contribution in [2.45, 2.75) is 13.5 Å². The second-order valence-electron chi connectivity index (χ2n) is 2.93. The molecule has 0 aliphatic carbocycles. The largest absolute Gasteiger partial charge is 0.496 e. The highest BCUT2D eigenvalue weighted by Crippen LogP contribution is 2.37. The standard InChI is InChI=1S/C10H14BrNO2/c1-6-4-8(13-2)7(5-12)9(11)10(6)14-3/h4H,5,12H2,1-3H3. The lowest BCUT2D eigenvalue weighted by molar-refractivity contribution is 0.394. The van der Waals surface area contributed by atoms with E-state index in [0.717, 1.165) is 27.1 Å². The van der Waals surface area contributed by atoms with E-state index in [1.807, 2.05) is 13.0 Å². The minimum Gasteiger partial charge on any atom is -0.496 e. The Balaban J connectivity index is 3.39. The Morgan fingerprint density at radius 1 is 1.36 bits per heavy atom. The Kier molecular flexibility index (Phi) is 3.77. The topological polar surface area (TPSA) is 44.5 Å². The molecule has 78 valence electrons. The Morgan fingerprint density at radius 3 is 2.43 bits per heavy atom. The fourth-order valence-electron chi connectivity index (χ4n) is 1.39. The molecule has 0 bridgehead atoms. The molecule has 0 radical (unpaired) electrons. The molecule has 1 aromatic rings. The van der Waals surface area contributed by atoms with Gasteiger partial charge < -0.3 is 15.2 Å². The van der Waals surface area contributed by atoms with Crippen LogP contribution in [0.1, 0.15) is 11.1 Å². The van der Waals surface area contributed by atoms with Crippen LogP contribution >= 0.6 is 15.9 Å². The minimum absolute atomic E-state index is 0.417. The Hall–Kier alpha value is -0.740. The number of aryl methyl sites for hydroxylation is 1. The normalized spacial score (nSPS) is 10.1. The minimum atomic E-state index is 0.417. The predicted octanol–water partition coefficient (Wildman–Crippen LogP) is 2.23. The van der Waals surface area contributed by atoms with Crippen molar-refractivity contribution in [3.8, 4) is 11.5 Å². The van der Waals surface area contributed by atoms with Gasteiger partial charge in [0.2, 0.25) is 0 Å². The van der Waals surface area contributed by atoms with E-state index in [1.54, 1.807) is 14.2 Å². The summed E-state index contributed by atoms with van der Waals surface area (Å²) in [6.07, 6.45) is 0. The van der Waals surface area contributed by atoms with E-state index in [-0.39, 0.29) is 0 Å². The van der Waals surface area contributed by atoms with E-state index >= 15 is 0 Å². The van der Waals surface area contributed by atoms with Crippen LogP contribution in [0, 0.1) is 6.92 Å². The van der Waals surface area contributed by atoms with E-state index in [4.69, 9.17) is 15.2 Å². The van der Waals surface area contributed by atoms with E-state index in [1.165, 1.54) is 0 Å². The molecule has 0 aliphatic heterocycles. The van der Waals surface area contributed by atoms with E-state index in [2.05, 4.69) is 15.9 Å². The van der Waals surface area contributed by atoms with Gasteiger partial charge in [-0.2, -0.15) is 0 Å². The van der Waals surface area contributed by atoms with E-state index in [0.29, 0.717) is 6.54 Å². The van der Waals surface area contributed by atoms with Crippen molar-refractivity contribution in [1.29, 1.82) is 0 Å². The summed E-state index contributed by atoms with van der Waals surface area (Å²) >= 11 is 3.46. The summed E-state index contributed by atoms with van der Waals surface area (Å²) in [7, 11) is 3.27. The zero-order valence-corrected chi connectivity index (χ0v) is 10.1. The third kappa shape index (κ3) is 1.86. The molecule has 0 saturated carbocycles. The average molecular weight is 260 g/mol. The number of benzene rings is 1. The van der Waals surface area contributed by atoms with Crippen LogP contribution in [-0.4, -0.2) is 14.2 Å². The van der Waals surface area contributed by atoms with Gasteiger partial charge in [0.1, 0.15) is 11.5 Å². The highest BCUT2D eigenvalue weighted by atomic mass is 79.9. The summed E-state index contributed by atoms with van der Waals surface area (Å²) < 4.78 is 11.4. The molecule has 2 N–H and O–H groups in total. The smallest absolute Gasteiger partial charge is 0.136 e. The fourth-order valence-corrected chi connectivity index (χ4v) is 2.22. The van der Waals surface area contributed by atoms with Gasteiger partial charge in [-0.25, -0.2) is 0 Å². The van der Waals surface area contributed by atoms with Crippen LogP contribution < -0.4 is 15.2 Å². The maximum atomic E-state index is 5.64. The lowest BCUT2D eigenvalue weighted by Gasteiger charge is -2.14. The monoisotopic (exact) mass is 259 g/mol. The molecule has 4 heteroatoms. The van der Waals surface area contributed by atoms with Crippen LogP contribution in [0.3, 0.4) is 0 Å². The Labute approximate surface area is 92.3 Å². The Bertz CT molecular complexity index is 339. The zero-order valence-electron chi connectivity index (χ0n) is 8.56. The van der Waals surface area contributed by atoms with Gasteiger partial charge in [-0.3, -0.25) is 0 Å². The molecule has 0 aromatic heterocycles. The lowest BCUT2D eigenvalue weighted by Crippen LogP contribution is -2.03. The molecule has 1 aromatic carbocycles. The van der Waals surface area contributed by atoms with Gasteiger partial charge in [-0.15, -0.1) is 0 Å². The van der Waals surface area contributed by atoms with Crippen molar-refractivity contribution in [2.75, 3.05) is 14.2 Å². The van der Waals surface area contributed by atoms with E-state index in [9.17, 15) is 0 Å². The number of rotatable bonds is 3. The van der Waals surface area contributed by atoms with Gasteiger partial charge in [-0.1, -0.05) is 0 Å². The number of methoxy groups -OCH3 is 2. The SMILES string of the molecule is COc1cc(C)c(OC)c(Br)c1CN. The summed E-state index contributed by atoms with van der Waals surface area (Å²) in [5.74, 6) is 1.60. The summed E-state index contributed by atoms with van der Waals surface area (Å²) in [4.78, 5) is 0. The molecule has 0 aliphatic rings. The second kappa shape index (κ2) is 4.66. The molecule has 0 fully saturated rings. The fraction of sp³-hybridized carbons (Fsp3) is 0.400. The quantitative estimate of drug-likeness (QED) is 0.906. The van der Waals surface area contributed by atoms with Gasteiger partial charge in [0.25, 0.3) is 0 Å². The average Bonchev–Trinajstić information content (AvgIpc) is 2.17. The van der Waals surface area contributed by atoms with Crippen molar-refractivity contribution < 1.29 is 9.47 Å².